The van der Waals surface area contributed by atoms with Crippen LogP contribution in [0.15, 0.2) is 17.3 Å². The van der Waals surface area contributed by atoms with Crippen molar-refractivity contribution in [2.24, 2.45) is 5.18 Å². The molecule has 0 aliphatic heterocycles. The molecule has 46 valence electrons. The van der Waals surface area contributed by atoms with Crippen molar-refractivity contribution in [3.05, 3.63) is 17.1 Å². The molecule has 0 rings (SSSR count). The van der Waals surface area contributed by atoms with Crippen molar-refractivity contribution >= 4 is 0 Å². The topological polar surface area (TPSA) is 29.4 Å². The first-order valence-corrected chi connectivity index (χ1v) is 2.75. The zero-order chi connectivity index (χ0) is 6.41. The van der Waals surface area contributed by atoms with Crippen molar-refractivity contribution in [3.63, 3.8) is 0 Å². The van der Waals surface area contributed by atoms with Crippen LogP contribution in [0.25, 0.3) is 0 Å². The van der Waals surface area contributed by atoms with E-state index in [0.717, 1.165) is 6.42 Å². The third kappa shape index (κ3) is 3.53. The Kier molecular flexibility index (Phi) is 4.13. The summed E-state index contributed by atoms with van der Waals surface area (Å²) < 4.78 is 0. The maximum Gasteiger partial charge on any atom is 0.0925 e. The van der Waals surface area contributed by atoms with Gasteiger partial charge in [-0.15, -0.1) is 0 Å². The van der Waals surface area contributed by atoms with Crippen LogP contribution in [0.2, 0.25) is 0 Å². The summed E-state index contributed by atoms with van der Waals surface area (Å²) in [6.07, 6.45) is 4.62. The lowest BCUT2D eigenvalue weighted by Gasteiger charge is -1.91. The zero-order valence-electron chi connectivity index (χ0n) is 5.29. The molecule has 0 radical (unpaired) electrons. The van der Waals surface area contributed by atoms with E-state index in [9.17, 15) is 4.91 Å². The fourth-order valence-corrected chi connectivity index (χ4v) is 0.376. The fraction of sp³-hybridized carbons (Fsp3) is 0.667. The van der Waals surface area contributed by atoms with Gasteiger partial charge in [-0.05, 0) is 20.3 Å². The van der Waals surface area contributed by atoms with Crippen molar-refractivity contribution < 1.29 is 0 Å². The lowest BCUT2D eigenvalue weighted by atomic mass is 10.2. The third-order valence-corrected chi connectivity index (χ3v) is 0.893. The SMILES string of the molecule is C/C=C/CC(C)N=O. The number of hydrogen-bond acceptors (Lipinski definition) is 2. The van der Waals surface area contributed by atoms with E-state index >= 15 is 0 Å². The van der Waals surface area contributed by atoms with Gasteiger partial charge in [0.1, 0.15) is 0 Å². The molecule has 0 spiro atoms. The van der Waals surface area contributed by atoms with E-state index in [1.54, 1.807) is 6.92 Å². The minimum atomic E-state index is -0.0637. The van der Waals surface area contributed by atoms with Gasteiger partial charge in [-0.25, -0.2) is 0 Å². The lowest BCUT2D eigenvalue weighted by molar-refractivity contribution is 0.752. The lowest BCUT2D eigenvalue weighted by Crippen LogP contribution is -1.91. The molecular formula is C6H11NO. The Hall–Kier alpha value is -0.660. The highest BCUT2D eigenvalue weighted by Crippen LogP contribution is 1.95. The molecule has 0 N–H and O–H groups in total. The van der Waals surface area contributed by atoms with Gasteiger partial charge in [-0.1, -0.05) is 17.3 Å². The van der Waals surface area contributed by atoms with Crippen molar-refractivity contribution in [3.8, 4) is 0 Å². The zero-order valence-corrected chi connectivity index (χ0v) is 5.29. The normalized spacial score (nSPS) is 14.2. The van der Waals surface area contributed by atoms with Gasteiger partial charge in [-0.2, -0.15) is 4.91 Å². The Morgan fingerprint density at radius 1 is 1.75 bits per heavy atom. The van der Waals surface area contributed by atoms with Crippen LogP contribution in [0.5, 0.6) is 0 Å². The molecule has 0 saturated carbocycles. The number of rotatable bonds is 3. The van der Waals surface area contributed by atoms with Gasteiger partial charge >= 0.3 is 0 Å². The van der Waals surface area contributed by atoms with Crippen molar-refractivity contribution in [1.29, 1.82) is 0 Å². The highest BCUT2D eigenvalue weighted by molar-refractivity contribution is 4.80. The van der Waals surface area contributed by atoms with Crippen LogP contribution >= 0.6 is 0 Å². The molecule has 0 aliphatic carbocycles. The van der Waals surface area contributed by atoms with Crippen LogP contribution in [-0.2, 0) is 0 Å². The molecule has 0 aromatic rings. The number of allylic oxidation sites excluding steroid dienone is 1. The van der Waals surface area contributed by atoms with Gasteiger partial charge in [0.2, 0.25) is 0 Å². The quantitative estimate of drug-likeness (QED) is 0.407. The van der Waals surface area contributed by atoms with E-state index in [2.05, 4.69) is 5.18 Å². The first-order chi connectivity index (χ1) is 3.81. The summed E-state index contributed by atoms with van der Waals surface area (Å²) in [5.74, 6) is 0. The van der Waals surface area contributed by atoms with Crippen LogP contribution in [-0.4, -0.2) is 6.04 Å². The summed E-state index contributed by atoms with van der Waals surface area (Å²) in [7, 11) is 0. The van der Waals surface area contributed by atoms with Crippen LogP contribution < -0.4 is 0 Å². The third-order valence-electron chi connectivity index (χ3n) is 0.893. The first kappa shape index (κ1) is 7.34. The predicted molar refractivity (Wildman–Crippen MR) is 34.7 cm³/mol. The molecule has 0 heterocycles. The molecule has 0 bridgehead atoms. The summed E-state index contributed by atoms with van der Waals surface area (Å²) in [6.45, 7) is 3.73. The molecule has 1 unspecified atom stereocenters. The van der Waals surface area contributed by atoms with Crippen molar-refractivity contribution in [2.75, 3.05) is 0 Å². The second kappa shape index (κ2) is 4.50. The summed E-state index contributed by atoms with van der Waals surface area (Å²) >= 11 is 0. The Morgan fingerprint density at radius 2 is 2.38 bits per heavy atom. The number of hydrogen-bond donors (Lipinski definition) is 0. The Labute approximate surface area is 49.6 Å². The van der Waals surface area contributed by atoms with Gasteiger partial charge in [-0.3, -0.25) is 0 Å². The van der Waals surface area contributed by atoms with E-state index in [-0.39, 0.29) is 6.04 Å². The molecule has 2 heteroatoms. The number of nitroso groups, excluding NO2 is 1. The van der Waals surface area contributed by atoms with Crippen molar-refractivity contribution in [2.45, 2.75) is 26.3 Å². The maximum atomic E-state index is 9.73. The molecule has 0 aromatic heterocycles. The predicted octanol–water partition coefficient (Wildman–Crippen LogP) is 2.11. The van der Waals surface area contributed by atoms with Crippen LogP contribution in [0.1, 0.15) is 20.3 Å². The fourth-order valence-electron chi connectivity index (χ4n) is 0.376. The minimum Gasteiger partial charge on any atom is -0.151 e. The van der Waals surface area contributed by atoms with E-state index < -0.39 is 0 Å². The standard InChI is InChI=1S/C6H11NO/c1-3-4-5-6(2)7-8/h3-4,6H,5H2,1-2H3/b4-3+. The number of nitrogens with zero attached hydrogens (tertiary/aromatic N) is 1. The van der Waals surface area contributed by atoms with E-state index in [0.29, 0.717) is 0 Å². The van der Waals surface area contributed by atoms with Gasteiger partial charge < -0.3 is 0 Å². The molecule has 8 heavy (non-hydrogen) atoms. The van der Waals surface area contributed by atoms with Gasteiger partial charge in [0, 0.05) is 0 Å². The Morgan fingerprint density at radius 3 is 2.75 bits per heavy atom. The molecule has 0 fully saturated rings. The molecule has 2 nitrogen and oxygen atoms in total. The van der Waals surface area contributed by atoms with E-state index in [4.69, 9.17) is 0 Å². The van der Waals surface area contributed by atoms with Crippen molar-refractivity contribution in [1.82, 2.24) is 0 Å². The molecule has 0 aliphatic rings. The van der Waals surface area contributed by atoms with E-state index in [1.807, 2.05) is 19.1 Å². The van der Waals surface area contributed by atoms with Gasteiger partial charge in [0.05, 0.1) is 6.04 Å². The molecule has 0 saturated heterocycles. The highest BCUT2D eigenvalue weighted by atomic mass is 16.3. The second-order valence-electron chi connectivity index (χ2n) is 1.76. The van der Waals surface area contributed by atoms with Gasteiger partial charge in [0.25, 0.3) is 0 Å². The second-order valence-corrected chi connectivity index (χ2v) is 1.76. The van der Waals surface area contributed by atoms with E-state index in [1.165, 1.54) is 0 Å². The molecule has 1 atom stereocenters. The minimum absolute atomic E-state index is 0.0637. The average Bonchev–Trinajstić information content (AvgIpc) is 1.83. The molecular weight excluding hydrogens is 102 g/mol. The molecule has 0 aromatic carbocycles. The van der Waals surface area contributed by atoms with Gasteiger partial charge in [0.15, 0.2) is 0 Å². The Bertz CT molecular complexity index is 88.5. The maximum absolute atomic E-state index is 9.73. The summed E-state index contributed by atoms with van der Waals surface area (Å²) in [4.78, 5) is 9.73. The van der Waals surface area contributed by atoms with Crippen LogP contribution in [0.3, 0.4) is 0 Å². The first-order valence-electron chi connectivity index (χ1n) is 2.75. The summed E-state index contributed by atoms with van der Waals surface area (Å²) in [5, 5.41) is 2.82. The smallest absolute Gasteiger partial charge is 0.0925 e. The average molecular weight is 113 g/mol. The van der Waals surface area contributed by atoms with Crippen LogP contribution in [0, 0.1) is 4.91 Å². The summed E-state index contributed by atoms with van der Waals surface area (Å²) in [5.41, 5.74) is 0. The largest absolute Gasteiger partial charge is 0.151 e. The van der Waals surface area contributed by atoms with Crippen LogP contribution in [0.4, 0.5) is 0 Å². The Balaban J connectivity index is 3.23. The summed E-state index contributed by atoms with van der Waals surface area (Å²) in [6, 6.07) is -0.0637. The molecule has 0 amide bonds. The highest BCUT2D eigenvalue weighted by Gasteiger charge is 1.93. The monoisotopic (exact) mass is 113 g/mol.